The number of ether oxygens (including phenoxy) is 1. The summed E-state index contributed by atoms with van der Waals surface area (Å²) in [4.78, 5) is 27.7. The van der Waals surface area contributed by atoms with Crippen LogP contribution in [-0.2, 0) is 14.3 Å². The third-order valence-electron chi connectivity index (χ3n) is 6.07. The molecule has 2 amide bonds. The molecule has 0 aromatic carbocycles. The Morgan fingerprint density at radius 3 is 2.35 bits per heavy atom. The fourth-order valence-electron chi connectivity index (χ4n) is 4.88. The second-order valence-electron chi connectivity index (χ2n) is 7.43. The molecule has 5 heteroatoms. The molecular weight excluding hydrogens is 292 g/mol. The largest absolute Gasteiger partial charge is 0.378 e. The molecule has 1 saturated heterocycles. The highest BCUT2D eigenvalue weighted by atomic mass is 16.5. The van der Waals surface area contributed by atoms with Gasteiger partial charge in [0.2, 0.25) is 11.8 Å². The van der Waals surface area contributed by atoms with E-state index in [1.165, 1.54) is 12.8 Å². The third kappa shape index (κ3) is 2.80. The van der Waals surface area contributed by atoms with Crippen LogP contribution in [0.15, 0.2) is 12.2 Å². The van der Waals surface area contributed by atoms with Crippen LogP contribution in [0.2, 0.25) is 0 Å². The van der Waals surface area contributed by atoms with E-state index in [1.54, 1.807) is 0 Å². The maximum absolute atomic E-state index is 13.0. The Hall–Kier alpha value is -1.36. The number of hydrogen-bond acceptors (Lipinski definition) is 3. The molecule has 4 rings (SSSR count). The monoisotopic (exact) mass is 318 g/mol. The molecule has 0 aromatic rings. The van der Waals surface area contributed by atoms with Crippen LogP contribution in [0.25, 0.3) is 0 Å². The molecule has 1 N–H and O–H groups in total. The second-order valence-corrected chi connectivity index (χ2v) is 7.43. The Kier molecular flexibility index (Phi) is 4.14. The summed E-state index contributed by atoms with van der Waals surface area (Å²) in [6.07, 6.45) is 9.87. The van der Waals surface area contributed by atoms with Gasteiger partial charge in [0.05, 0.1) is 25.0 Å². The van der Waals surface area contributed by atoms with Gasteiger partial charge >= 0.3 is 0 Å². The van der Waals surface area contributed by atoms with Crippen molar-refractivity contribution >= 4 is 11.8 Å². The molecule has 2 bridgehead atoms. The number of amides is 2. The van der Waals surface area contributed by atoms with Crippen LogP contribution in [0, 0.1) is 23.7 Å². The number of hydrogen-bond donors (Lipinski definition) is 1. The molecule has 5 nitrogen and oxygen atoms in total. The van der Waals surface area contributed by atoms with E-state index in [9.17, 15) is 9.59 Å². The zero-order valence-electron chi connectivity index (χ0n) is 13.6. The second kappa shape index (κ2) is 6.27. The van der Waals surface area contributed by atoms with Gasteiger partial charge in [0.25, 0.3) is 0 Å². The Morgan fingerprint density at radius 2 is 1.65 bits per heavy atom. The van der Waals surface area contributed by atoms with Gasteiger partial charge in [-0.2, -0.15) is 0 Å². The van der Waals surface area contributed by atoms with Gasteiger partial charge in [0, 0.05) is 19.1 Å². The highest BCUT2D eigenvalue weighted by Crippen LogP contribution is 2.49. The predicted octanol–water partition coefficient (Wildman–Crippen LogP) is 1.34. The van der Waals surface area contributed by atoms with Crippen molar-refractivity contribution in [2.75, 3.05) is 26.3 Å². The minimum absolute atomic E-state index is 0.111. The zero-order valence-corrected chi connectivity index (χ0v) is 13.6. The van der Waals surface area contributed by atoms with Crippen molar-refractivity contribution < 1.29 is 14.3 Å². The highest BCUT2D eigenvalue weighted by Gasteiger charge is 2.52. The van der Waals surface area contributed by atoms with E-state index in [-0.39, 0.29) is 35.5 Å². The molecule has 0 spiro atoms. The Bertz CT molecular complexity index is 506. The smallest absolute Gasteiger partial charge is 0.227 e. The maximum atomic E-state index is 13.0. The summed E-state index contributed by atoms with van der Waals surface area (Å²) in [6, 6.07) is 0.324. The number of fused-ring (bicyclic) bond motifs is 2. The van der Waals surface area contributed by atoms with Gasteiger partial charge in [-0.15, -0.1) is 0 Å². The van der Waals surface area contributed by atoms with Crippen molar-refractivity contribution in [1.82, 2.24) is 10.2 Å². The van der Waals surface area contributed by atoms with Gasteiger partial charge in [-0.3, -0.25) is 9.59 Å². The minimum atomic E-state index is -0.166. The van der Waals surface area contributed by atoms with Gasteiger partial charge < -0.3 is 15.0 Å². The van der Waals surface area contributed by atoms with E-state index in [2.05, 4.69) is 17.5 Å². The summed E-state index contributed by atoms with van der Waals surface area (Å²) < 4.78 is 5.35. The van der Waals surface area contributed by atoms with E-state index >= 15 is 0 Å². The van der Waals surface area contributed by atoms with Crippen molar-refractivity contribution in [3.63, 3.8) is 0 Å². The number of rotatable bonds is 3. The van der Waals surface area contributed by atoms with Crippen LogP contribution in [0.4, 0.5) is 0 Å². The lowest BCUT2D eigenvalue weighted by Crippen LogP contribution is -2.50. The lowest BCUT2D eigenvalue weighted by atomic mass is 9.81. The van der Waals surface area contributed by atoms with Gasteiger partial charge in [-0.25, -0.2) is 0 Å². The molecule has 0 unspecified atom stereocenters. The summed E-state index contributed by atoms with van der Waals surface area (Å²) in [5.41, 5.74) is 0. The van der Waals surface area contributed by atoms with Crippen molar-refractivity contribution in [2.45, 2.75) is 38.1 Å². The van der Waals surface area contributed by atoms with Crippen LogP contribution >= 0.6 is 0 Å². The van der Waals surface area contributed by atoms with Crippen LogP contribution in [0.1, 0.15) is 32.1 Å². The van der Waals surface area contributed by atoms with Gasteiger partial charge in [0.1, 0.15) is 0 Å². The lowest BCUT2D eigenvalue weighted by Gasteiger charge is -2.34. The standard InChI is InChI=1S/C18H26N2O3/c21-17(19-14-3-1-2-4-14)15-12-5-6-13(11-12)16(15)18(22)20-7-9-23-10-8-20/h5-6,12-16H,1-4,7-11H2,(H,19,21)/t12-,13-,15+,16-/m0/s1. The molecule has 4 atom stereocenters. The fraction of sp³-hybridized carbons (Fsp3) is 0.778. The first-order chi connectivity index (χ1) is 11.2. The Balaban J connectivity index is 1.48. The summed E-state index contributed by atoms with van der Waals surface area (Å²) in [5, 5.41) is 3.23. The van der Waals surface area contributed by atoms with Gasteiger partial charge in [-0.05, 0) is 31.1 Å². The van der Waals surface area contributed by atoms with Crippen LogP contribution in [0.3, 0.4) is 0 Å². The molecule has 4 aliphatic rings. The van der Waals surface area contributed by atoms with E-state index < -0.39 is 0 Å². The molecule has 2 saturated carbocycles. The predicted molar refractivity (Wildman–Crippen MR) is 85.5 cm³/mol. The van der Waals surface area contributed by atoms with E-state index in [1.807, 2.05) is 4.90 Å². The molecular formula is C18H26N2O3. The number of morpholine rings is 1. The number of carbonyl (C=O) groups excluding carboxylic acids is 2. The topological polar surface area (TPSA) is 58.6 Å². The highest BCUT2D eigenvalue weighted by molar-refractivity contribution is 5.90. The zero-order chi connectivity index (χ0) is 15.8. The van der Waals surface area contributed by atoms with Gasteiger partial charge in [-0.1, -0.05) is 25.0 Å². The molecule has 23 heavy (non-hydrogen) atoms. The SMILES string of the molecule is O=C(NC1CCCC1)[C@H]1[C@@H](C(=O)N2CCOCC2)[C@H]2C=C[C@H]1C2. The minimum Gasteiger partial charge on any atom is -0.378 e. The third-order valence-corrected chi connectivity index (χ3v) is 6.07. The molecule has 3 aliphatic carbocycles. The number of nitrogens with zero attached hydrogens (tertiary/aromatic N) is 1. The van der Waals surface area contributed by atoms with E-state index in [4.69, 9.17) is 4.74 Å². The molecule has 126 valence electrons. The summed E-state index contributed by atoms with van der Waals surface area (Å²) in [5.74, 6) is 0.439. The van der Waals surface area contributed by atoms with Crippen LogP contribution < -0.4 is 5.32 Å². The van der Waals surface area contributed by atoms with Crippen molar-refractivity contribution in [3.8, 4) is 0 Å². The lowest BCUT2D eigenvalue weighted by molar-refractivity contribution is -0.145. The first-order valence-electron chi connectivity index (χ1n) is 9.09. The first-order valence-corrected chi connectivity index (χ1v) is 9.09. The van der Waals surface area contributed by atoms with Gasteiger partial charge in [0.15, 0.2) is 0 Å². The molecule has 0 aromatic heterocycles. The Morgan fingerprint density at radius 1 is 1.00 bits per heavy atom. The van der Waals surface area contributed by atoms with Crippen LogP contribution in [0.5, 0.6) is 0 Å². The Labute approximate surface area is 137 Å². The molecule has 0 radical (unpaired) electrons. The summed E-state index contributed by atoms with van der Waals surface area (Å²) >= 11 is 0. The molecule has 1 aliphatic heterocycles. The fourth-order valence-corrected chi connectivity index (χ4v) is 4.88. The molecule has 1 heterocycles. The normalized spacial score (nSPS) is 36.6. The molecule has 3 fully saturated rings. The first kappa shape index (κ1) is 15.2. The average Bonchev–Trinajstić information content (AvgIpc) is 3.31. The van der Waals surface area contributed by atoms with Crippen molar-refractivity contribution in [2.24, 2.45) is 23.7 Å². The summed E-state index contributed by atoms with van der Waals surface area (Å²) in [7, 11) is 0. The van der Waals surface area contributed by atoms with Crippen molar-refractivity contribution in [1.29, 1.82) is 0 Å². The number of carbonyl (C=O) groups is 2. The summed E-state index contributed by atoms with van der Waals surface area (Å²) in [6.45, 7) is 2.55. The average molecular weight is 318 g/mol. The number of nitrogens with one attached hydrogen (secondary N) is 1. The number of allylic oxidation sites excluding steroid dienone is 2. The van der Waals surface area contributed by atoms with Crippen molar-refractivity contribution in [3.05, 3.63) is 12.2 Å². The quantitative estimate of drug-likeness (QED) is 0.799. The van der Waals surface area contributed by atoms with E-state index in [0.29, 0.717) is 32.3 Å². The van der Waals surface area contributed by atoms with E-state index in [0.717, 1.165) is 19.3 Å². The van der Waals surface area contributed by atoms with Crippen LogP contribution in [-0.4, -0.2) is 49.1 Å². The maximum Gasteiger partial charge on any atom is 0.227 e.